The first-order chi connectivity index (χ1) is 20.0. The lowest BCUT2D eigenvalue weighted by Gasteiger charge is -2.34. The van der Waals surface area contributed by atoms with E-state index in [4.69, 9.17) is 9.72 Å². The van der Waals surface area contributed by atoms with Crippen LogP contribution < -0.4 is 21.5 Å². The van der Waals surface area contributed by atoms with Gasteiger partial charge in [0.15, 0.2) is 11.2 Å². The summed E-state index contributed by atoms with van der Waals surface area (Å²) in [5.41, 5.74) is -0.457. The first-order valence-electron chi connectivity index (χ1n) is 13.9. The van der Waals surface area contributed by atoms with Gasteiger partial charge in [0.05, 0.1) is 18.6 Å². The number of hydrogen-bond donors (Lipinski definition) is 2. The molecule has 0 spiro atoms. The Kier molecular flexibility index (Phi) is 7.69. The molecule has 2 N–H and O–H groups in total. The van der Waals surface area contributed by atoms with E-state index < -0.39 is 22.9 Å². The van der Waals surface area contributed by atoms with E-state index in [1.165, 1.54) is 4.57 Å². The Morgan fingerprint density at radius 2 is 1.95 bits per heavy atom. The Labute approximate surface area is 242 Å². The summed E-state index contributed by atoms with van der Waals surface area (Å²) in [5, 5.41) is 14.3. The van der Waals surface area contributed by atoms with Crippen molar-refractivity contribution in [3.8, 4) is 17.6 Å². The highest BCUT2D eigenvalue weighted by Crippen LogP contribution is 2.25. The number of aromatic hydroxyl groups is 1. The molecular weight excluding hydrogens is 538 g/mol. The highest BCUT2D eigenvalue weighted by molar-refractivity contribution is 5.80. The third-order valence-electron chi connectivity index (χ3n) is 7.14. The molecule has 0 aliphatic carbocycles. The number of amides is 1. The number of benzene rings is 1. The molecule has 0 unspecified atom stereocenters. The molecule has 4 heterocycles. The molecule has 1 amide bonds. The Morgan fingerprint density at radius 3 is 2.69 bits per heavy atom. The quantitative estimate of drug-likeness (QED) is 0.348. The molecule has 42 heavy (non-hydrogen) atoms. The monoisotopic (exact) mass is 573 g/mol. The molecule has 1 aliphatic rings. The van der Waals surface area contributed by atoms with Gasteiger partial charge in [-0.15, -0.1) is 5.92 Å². The first kappa shape index (κ1) is 28.7. The SMILES string of the molecule is CC#CCn1c(N2CCC[C@@H](NC(=O)OC(C)(C)C)C2)nc2c1c(=O)n(Cc1nc3ccccc3cc1O)c(=O)n2C. The number of alkyl carbamates (subject to hydrolysis) is 1. The van der Waals surface area contributed by atoms with Gasteiger partial charge in [-0.1, -0.05) is 24.1 Å². The predicted molar refractivity (Wildman–Crippen MR) is 160 cm³/mol. The van der Waals surface area contributed by atoms with Gasteiger partial charge in [-0.05, 0) is 52.7 Å². The topological polar surface area (TPSA) is 137 Å². The van der Waals surface area contributed by atoms with Crippen molar-refractivity contribution in [2.45, 2.75) is 65.3 Å². The van der Waals surface area contributed by atoms with Crippen LogP contribution in [0.3, 0.4) is 0 Å². The number of aromatic nitrogens is 5. The van der Waals surface area contributed by atoms with Gasteiger partial charge in [0.2, 0.25) is 5.95 Å². The summed E-state index contributed by atoms with van der Waals surface area (Å²) in [7, 11) is 1.56. The molecule has 4 aromatic rings. The number of anilines is 1. The fourth-order valence-corrected chi connectivity index (χ4v) is 5.21. The van der Waals surface area contributed by atoms with E-state index in [0.29, 0.717) is 24.6 Å². The summed E-state index contributed by atoms with van der Waals surface area (Å²) in [6, 6.07) is 8.68. The second-order valence-corrected chi connectivity index (χ2v) is 11.4. The number of nitrogens with zero attached hydrogens (tertiary/aromatic N) is 6. The average Bonchev–Trinajstić information content (AvgIpc) is 3.32. The lowest BCUT2D eigenvalue weighted by Crippen LogP contribution is -2.49. The maximum atomic E-state index is 13.9. The van der Waals surface area contributed by atoms with Crippen LogP contribution in [0.2, 0.25) is 0 Å². The molecule has 0 saturated carbocycles. The Hall–Kier alpha value is -4.79. The zero-order valence-corrected chi connectivity index (χ0v) is 24.5. The molecule has 1 aliphatic heterocycles. The lowest BCUT2D eigenvalue weighted by molar-refractivity contribution is 0.0499. The highest BCUT2D eigenvalue weighted by atomic mass is 16.6. The van der Waals surface area contributed by atoms with Gasteiger partial charge in [-0.25, -0.2) is 14.6 Å². The zero-order valence-electron chi connectivity index (χ0n) is 24.5. The van der Waals surface area contributed by atoms with Gasteiger partial charge in [-0.3, -0.25) is 18.5 Å². The van der Waals surface area contributed by atoms with Crippen molar-refractivity contribution in [1.82, 2.24) is 29.0 Å². The molecule has 1 atom stereocenters. The Morgan fingerprint density at radius 1 is 1.19 bits per heavy atom. The van der Waals surface area contributed by atoms with Crippen LogP contribution >= 0.6 is 0 Å². The van der Waals surface area contributed by atoms with Crippen LogP contribution in [0.15, 0.2) is 39.9 Å². The summed E-state index contributed by atoms with van der Waals surface area (Å²) >= 11 is 0. The number of nitrogens with one attached hydrogen (secondary N) is 1. The molecule has 220 valence electrons. The van der Waals surface area contributed by atoms with Gasteiger partial charge in [0.1, 0.15) is 17.0 Å². The fraction of sp³-hybridized carbons (Fsp3) is 0.433. The molecule has 1 fully saturated rings. The van der Waals surface area contributed by atoms with E-state index in [0.717, 1.165) is 22.8 Å². The normalized spacial score (nSPS) is 15.5. The van der Waals surface area contributed by atoms with Gasteiger partial charge in [0.25, 0.3) is 5.56 Å². The predicted octanol–water partition coefficient (Wildman–Crippen LogP) is 2.72. The number of aryl methyl sites for hydroxylation is 1. The summed E-state index contributed by atoms with van der Waals surface area (Å²) in [6.07, 6.45) is 1.05. The van der Waals surface area contributed by atoms with E-state index in [1.807, 2.05) is 43.9 Å². The van der Waals surface area contributed by atoms with E-state index >= 15 is 0 Å². The second-order valence-electron chi connectivity index (χ2n) is 11.4. The molecule has 1 aromatic carbocycles. The first-order valence-corrected chi connectivity index (χ1v) is 13.9. The number of imidazole rings is 1. The maximum absolute atomic E-state index is 13.9. The largest absolute Gasteiger partial charge is 0.506 e. The van der Waals surface area contributed by atoms with Crippen LogP contribution in [0.5, 0.6) is 5.75 Å². The molecule has 3 aromatic heterocycles. The average molecular weight is 574 g/mol. The van der Waals surface area contributed by atoms with Crippen molar-refractivity contribution in [3.63, 3.8) is 0 Å². The smallest absolute Gasteiger partial charge is 0.407 e. The number of hydrogen-bond acceptors (Lipinski definition) is 8. The summed E-state index contributed by atoms with van der Waals surface area (Å²) < 4.78 is 9.54. The van der Waals surface area contributed by atoms with E-state index in [9.17, 15) is 19.5 Å². The minimum Gasteiger partial charge on any atom is -0.506 e. The van der Waals surface area contributed by atoms with Crippen molar-refractivity contribution in [2.75, 3.05) is 18.0 Å². The third-order valence-corrected chi connectivity index (χ3v) is 7.14. The fourth-order valence-electron chi connectivity index (χ4n) is 5.21. The van der Waals surface area contributed by atoms with Crippen LogP contribution in [0.1, 0.15) is 46.2 Å². The van der Waals surface area contributed by atoms with Gasteiger partial charge < -0.3 is 20.1 Å². The van der Waals surface area contributed by atoms with E-state index in [1.54, 1.807) is 30.7 Å². The van der Waals surface area contributed by atoms with Crippen LogP contribution in [0, 0.1) is 11.8 Å². The number of ether oxygens (including phenoxy) is 1. The molecule has 0 bridgehead atoms. The van der Waals surface area contributed by atoms with Crippen LogP contribution in [0.4, 0.5) is 10.7 Å². The minimum absolute atomic E-state index is 0.106. The number of piperidine rings is 1. The van der Waals surface area contributed by atoms with Gasteiger partial charge in [0, 0.05) is 31.6 Å². The number of pyridine rings is 1. The summed E-state index contributed by atoms with van der Waals surface area (Å²) in [5.74, 6) is 6.27. The van der Waals surface area contributed by atoms with Crippen molar-refractivity contribution >= 4 is 34.1 Å². The number of para-hydroxylation sites is 1. The Balaban J connectivity index is 1.56. The van der Waals surface area contributed by atoms with E-state index in [-0.39, 0.29) is 41.7 Å². The van der Waals surface area contributed by atoms with Gasteiger partial charge >= 0.3 is 11.8 Å². The maximum Gasteiger partial charge on any atom is 0.407 e. The minimum atomic E-state index is -0.616. The number of fused-ring (bicyclic) bond motifs is 2. The van der Waals surface area contributed by atoms with Gasteiger partial charge in [-0.2, -0.15) is 4.98 Å². The molecule has 12 heteroatoms. The van der Waals surface area contributed by atoms with Crippen LogP contribution in [-0.4, -0.2) is 59.6 Å². The van der Waals surface area contributed by atoms with Crippen LogP contribution in [-0.2, 0) is 24.9 Å². The number of carbonyl (C=O) groups excluding carboxylic acids is 1. The standard InChI is InChI=1S/C30H35N7O5/c1-6-7-15-36-24-25(33-27(36)35-14-10-12-20(17-35)31-28(40)42-30(2,3)4)34(5)29(41)37(26(24)39)18-22-23(38)16-19-11-8-9-13-21(19)32-22/h8-9,11,13,16,20,38H,10,12,14-15,17-18H2,1-5H3,(H,31,40)/t20-/m1/s1. The van der Waals surface area contributed by atoms with E-state index in [2.05, 4.69) is 22.1 Å². The summed E-state index contributed by atoms with van der Waals surface area (Å²) in [6.45, 7) is 8.19. The summed E-state index contributed by atoms with van der Waals surface area (Å²) in [4.78, 5) is 51.1. The molecule has 12 nitrogen and oxygen atoms in total. The Bertz CT molecular complexity index is 1850. The van der Waals surface area contributed by atoms with Crippen LogP contribution in [0.25, 0.3) is 22.1 Å². The van der Waals surface area contributed by atoms with Crippen molar-refractivity contribution in [3.05, 3.63) is 56.9 Å². The molecule has 5 rings (SSSR count). The highest BCUT2D eigenvalue weighted by Gasteiger charge is 2.29. The van der Waals surface area contributed by atoms with Crippen molar-refractivity contribution < 1.29 is 14.6 Å². The third kappa shape index (κ3) is 5.68. The lowest BCUT2D eigenvalue weighted by atomic mass is 10.1. The second kappa shape index (κ2) is 11.2. The molecule has 1 saturated heterocycles. The zero-order chi connectivity index (χ0) is 30.2. The molecule has 0 radical (unpaired) electrons. The van der Waals surface area contributed by atoms with Crippen molar-refractivity contribution in [2.24, 2.45) is 7.05 Å². The molecular formula is C30H35N7O5. The number of carbonyl (C=O) groups is 1. The van der Waals surface area contributed by atoms with Crippen molar-refractivity contribution in [1.29, 1.82) is 0 Å². The number of rotatable bonds is 5.